The van der Waals surface area contributed by atoms with Crippen LogP contribution < -0.4 is 28.6 Å². The Balaban J connectivity index is 1.59. The zero-order valence-corrected chi connectivity index (χ0v) is 25.7. The smallest absolute Gasteiger partial charge is 0.336 e. The van der Waals surface area contributed by atoms with Crippen LogP contribution in [0.25, 0.3) is 5.65 Å². The molecule has 0 saturated carbocycles. The van der Waals surface area contributed by atoms with Gasteiger partial charge in [0.2, 0.25) is 0 Å². The van der Waals surface area contributed by atoms with Gasteiger partial charge in [-0.1, -0.05) is 0 Å². The van der Waals surface area contributed by atoms with Gasteiger partial charge in [-0.25, -0.2) is 14.5 Å². The van der Waals surface area contributed by atoms with Gasteiger partial charge in [0.25, 0.3) is 0 Å². The molecule has 5 aromatic rings. The molecule has 3 heterocycles. The summed E-state index contributed by atoms with van der Waals surface area (Å²) in [5.41, 5.74) is 2.39. The summed E-state index contributed by atoms with van der Waals surface area (Å²) in [6, 6.07) is 11.6. The van der Waals surface area contributed by atoms with E-state index >= 15 is 0 Å². The van der Waals surface area contributed by atoms with E-state index in [1.165, 1.54) is 0 Å². The molecule has 0 amide bonds. The second kappa shape index (κ2) is 12.6. The number of rotatable bonds is 12. The van der Waals surface area contributed by atoms with E-state index in [9.17, 15) is 0 Å². The Morgan fingerprint density at radius 1 is 0.878 bits per heavy atom. The summed E-state index contributed by atoms with van der Waals surface area (Å²) in [5.74, 6) is 3.32. The Morgan fingerprint density at radius 2 is 1.51 bits per heavy atom. The Kier molecular flexibility index (Phi) is 8.74. The van der Waals surface area contributed by atoms with E-state index in [1.54, 1.807) is 50.5 Å². The van der Waals surface area contributed by atoms with Crippen LogP contribution in [0.2, 0.25) is 0 Å². The lowest BCUT2D eigenvalue weighted by Crippen LogP contribution is -2.25. The molecule has 13 heteroatoms. The lowest BCUT2D eigenvalue weighted by molar-refractivity contribution is 0.275. The minimum Gasteiger partial charge on any atom is -0.497 e. The fourth-order valence-electron chi connectivity index (χ4n) is 4.28. The van der Waals surface area contributed by atoms with Crippen LogP contribution in [-0.4, -0.2) is 53.0 Å². The summed E-state index contributed by atoms with van der Waals surface area (Å²) in [6.45, 7) is 3.09. The Bertz CT molecular complexity index is 1600. The average Bonchev–Trinajstić information content (AvgIpc) is 3.59. The number of benzene rings is 2. The van der Waals surface area contributed by atoms with Crippen LogP contribution in [0.3, 0.4) is 0 Å². The van der Waals surface area contributed by atoms with Crippen LogP contribution in [0.5, 0.6) is 29.0 Å². The average molecular weight is 642 g/mol. The van der Waals surface area contributed by atoms with E-state index < -0.39 is 0 Å². The molecule has 0 bridgehead atoms. The number of halogens is 1. The van der Waals surface area contributed by atoms with Crippen molar-refractivity contribution in [2.45, 2.75) is 26.6 Å². The van der Waals surface area contributed by atoms with Crippen LogP contribution in [0.15, 0.2) is 53.4 Å². The van der Waals surface area contributed by atoms with E-state index in [0.29, 0.717) is 52.2 Å². The molecular formula is C28H29BrN6O5S. The van der Waals surface area contributed by atoms with Crippen molar-refractivity contribution in [1.29, 1.82) is 0 Å². The number of nitrogens with zero attached hydrogens (tertiary/aromatic N) is 6. The minimum atomic E-state index is 0.193. The molecule has 3 aromatic heterocycles. The third-order valence-corrected chi connectivity index (χ3v) is 7.53. The van der Waals surface area contributed by atoms with Crippen molar-refractivity contribution in [2.24, 2.45) is 0 Å². The Hall–Kier alpha value is -4.10. The van der Waals surface area contributed by atoms with Crippen LogP contribution in [0.4, 0.5) is 5.82 Å². The Labute approximate surface area is 249 Å². The number of ether oxygens (including phenoxy) is 5. The summed E-state index contributed by atoms with van der Waals surface area (Å²) in [6.07, 6.45) is 3.58. The summed E-state index contributed by atoms with van der Waals surface area (Å²) in [4.78, 5) is 17.1. The molecule has 0 aliphatic heterocycles. The van der Waals surface area contributed by atoms with Crippen molar-refractivity contribution in [3.8, 4) is 29.0 Å². The molecular weight excluding hydrogens is 612 g/mol. The molecule has 0 spiro atoms. The van der Waals surface area contributed by atoms with Gasteiger partial charge in [-0.05, 0) is 47.1 Å². The van der Waals surface area contributed by atoms with Gasteiger partial charge in [-0.3, -0.25) is 0 Å². The normalized spacial score (nSPS) is 11.0. The highest BCUT2D eigenvalue weighted by atomic mass is 79.9. The summed E-state index contributed by atoms with van der Waals surface area (Å²) in [5, 5.41) is 5.38. The lowest BCUT2D eigenvalue weighted by atomic mass is 10.1. The fourth-order valence-corrected chi connectivity index (χ4v) is 5.34. The SMILES string of the molecule is COc1ccc(CN(Cc2ccc(OC)cc2OC)c2nc(OCc3ncc(C)s3)nn3cc(Br)nc23)c(OC)c1. The molecule has 5 rings (SSSR count). The number of anilines is 1. The van der Waals surface area contributed by atoms with Crippen LogP contribution >= 0.6 is 27.3 Å². The molecule has 0 radical (unpaired) electrons. The van der Waals surface area contributed by atoms with Crippen molar-refractivity contribution < 1.29 is 23.7 Å². The summed E-state index contributed by atoms with van der Waals surface area (Å²) < 4.78 is 30.5. The third-order valence-electron chi connectivity index (χ3n) is 6.26. The van der Waals surface area contributed by atoms with Gasteiger partial charge < -0.3 is 28.6 Å². The maximum Gasteiger partial charge on any atom is 0.336 e. The lowest BCUT2D eigenvalue weighted by Gasteiger charge is -2.26. The number of hydrogen-bond acceptors (Lipinski definition) is 11. The highest BCUT2D eigenvalue weighted by Gasteiger charge is 2.22. The van der Waals surface area contributed by atoms with Crippen LogP contribution in [-0.2, 0) is 19.7 Å². The quantitative estimate of drug-likeness (QED) is 0.174. The van der Waals surface area contributed by atoms with Crippen molar-refractivity contribution >= 4 is 38.7 Å². The van der Waals surface area contributed by atoms with Gasteiger partial charge in [0.15, 0.2) is 11.5 Å². The predicted molar refractivity (Wildman–Crippen MR) is 159 cm³/mol. The van der Waals surface area contributed by atoms with Crippen molar-refractivity contribution in [3.05, 3.63) is 74.4 Å². The first-order valence-corrected chi connectivity index (χ1v) is 14.2. The van der Waals surface area contributed by atoms with Crippen LogP contribution in [0.1, 0.15) is 21.0 Å². The summed E-state index contributed by atoms with van der Waals surface area (Å²) >= 11 is 5.05. The first-order chi connectivity index (χ1) is 19.9. The highest BCUT2D eigenvalue weighted by Crippen LogP contribution is 2.33. The molecule has 41 heavy (non-hydrogen) atoms. The van der Waals surface area contributed by atoms with Gasteiger partial charge in [0, 0.05) is 47.4 Å². The number of methoxy groups -OCH3 is 4. The first-order valence-electron chi connectivity index (χ1n) is 12.5. The Morgan fingerprint density at radius 3 is 2.05 bits per heavy atom. The van der Waals surface area contributed by atoms with Gasteiger partial charge >= 0.3 is 6.01 Å². The number of aryl methyl sites for hydroxylation is 1. The monoisotopic (exact) mass is 640 g/mol. The second-order valence-corrected chi connectivity index (χ2v) is 11.0. The van der Waals surface area contributed by atoms with Crippen molar-refractivity contribution in [2.75, 3.05) is 33.3 Å². The molecule has 0 N–H and O–H groups in total. The second-order valence-electron chi connectivity index (χ2n) is 8.91. The fraction of sp³-hybridized carbons (Fsp3) is 0.286. The van der Waals surface area contributed by atoms with Gasteiger partial charge in [0.1, 0.15) is 39.2 Å². The van der Waals surface area contributed by atoms with Gasteiger partial charge in [-0.15, -0.1) is 16.4 Å². The molecule has 0 aliphatic carbocycles. The number of fused-ring (bicyclic) bond motifs is 1. The number of hydrogen-bond donors (Lipinski definition) is 0. The molecule has 0 unspecified atom stereocenters. The van der Waals surface area contributed by atoms with Crippen molar-refractivity contribution in [1.82, 2.24) is 24.6 Å². The van der Waals surface area contributed by atoms with E-state index in [4.69, 9.17) is 28.7 Å². The van der Waals surface area contributed by atoms with E-state index in [-0.39, 0.29) is 12.6 Å². The topological polar surface area (TPSA) is 105 Å². The van der Waals surface area contributed by atoms with E-state index in [1.807, 2.05) is 49.5 Å². The number of aromatic nitrogens is 5. The number of imidazole rings is 1. The molecule has 11 nitrogen and oxygen atoms in total. The maximum absolute atomic E-state index is 6.02. The highest BCUT2D eigenvalue weighted by molar-refractivity contribution is 9.10. The molecule has 214 valence electrons. The standard InChI is InChI=1S/C28H29BrN6O5S/c1-17-12-30-25(41-17)16-40-28-32-26(27-31-24(29)15-35(27)33-28)34(13-18-6-8-20(36-2)10-22(18)38-4)14-19-7-9-21(37-3)11-23(19)39-5/h6-12,15H,13-14,16H2,1-5H3. The molecule has 0 atom stereocenters. The van der Waals surface area contributed by atoms with Crippen LogP contribution in [0, 0.1) is 6.92 Å². The largest absolute Gasteiger partial charge is 0.497 e. The minimum absolute atomic E-state index is 0.193. The van der Waals surface area contributed by atoms with E-state index in [0.717, 1.165) is 21.0 Å². The molecule has 2 aromatic carbocycles. The van der Waals surface area contributed by atoms with Crippen molar-refractivity contribution in [3.63, 3.8) is 0 Å². The number of thiazole rings is 1. The zero-order valence-electron chi connectivity index (χ0n) is 23.3. The third kappa shape index (κ3) is 6.46. The summed E-state index contributed by atoms with van der Waals surface area (Å²) in [7, 11) is 6.52. The van der Waals surface area contributed by atoms with Gasteiger partial charge in [0.05, 0.1) is 34.6 Å². The maximum atomic E-state index is 6.02. The molecule has 0 saturated heterocycles. The first kappa shape index (κ1) is 28.4. The van der Waals surface area contributed by atoms with Gasteiger partial charge in [-0.2, -0.15) is 4.98 Å². The predicted octanol–water partition coefficient (Wildman–Crippen LogP) is 5.47. The zero-order chi connectivity index (χ0) is 28.9. The molecule has 0 fully saturated rings. The molecule has 0 aliphatic rings. The van der Waals surface area contributed by atoms with E-state index in [2.05, 4.69) is 35.9 Å².